The first-order valence-electron chi connectivity index (χ1n) is 8.60. The average molecular weight is 356 g/mol. The number of aryl methyl sites for hydroxylation is 1. The topological polar surface area (TPSA) is 50.7 Å². The number of nitrogens with one attached hydrogen (secondary N) is 1. The first-order valence-corrected chi connectivity index (χ1v) is 8.60. The zero-order chi connectivity index (χ0) is 18.9. The lowest BCUT2D eigenvalue weighted by molar-refractivity contribution is -0.128. The predicted molar refractivity (Wildman–Crippen MR) is 110 cm³/mol. The van der Waals surface area contributed by atoms with E-state index in [0.29, 0.717) is 11.3 Å². The predicted octanol–water partition coefficient (Wildman–Crippen LogP) is 5.06. The number of esters is 1. The van der Waals surface area contributed by atoms with E-state index in [0.717, 1.165) is 16.8 Å². The zero-order valence-corrected chi connectivity index (χ0v) is 15.0. The largest absolute Gasteiger partial charge is 0.423 e. The number of rotatable bonds is 6. The van der Waals surface area contributed by atoms with Crippen LogP contribution >= 0.6 is 0 Å². The summed E-state index contributed by atoms with van der Waals surface area (Å²) in [6.45, 7) is 2.02. The van der Waals surface area contributed by atoms with Gasteiger partial charge in [-0.3, -0.25) is 5.43 Å². The fourth-order valence-corrected chi connectivity index (χ4v) is 2.44. The van der Waals surface area contributed by atoms with Gasteiger partial charge in [-0.1, -0.05) is 54.6 Å². The summed E-state index contributed by atoms with van der Waals surface area (Å²) in [6, 6.07) is 24.8. The van der Waals surface area contributed by atoms with Crippen LogP contribution in [0.2, 0.25) is 0 Å². The molecule has 0 amide bonds. The minimum Gasteiger partial charge on any atom is -0.423 e. The van der Waals surface area contributed by atoms with Crippen molar-refractivity contribution in [3.8, 4) is 5.75 Å². The number of ether oxygens (including phenoxy) is 1. The highest BCUT2D eigenvalue weighted by Crippen LogP contribution is 2.17. The van der Waals surface area contributed by atoms with Crippen LogP contribution in [0.25, 0.3) is 6.08 Å². The molecule has 0 radical (unpaired) electrons. The number of hydrogen-bond acceptors (Lipinski definition) is 4. The zero-order valence-electron chi connectivity index (χ0n) is 15.0. The SMILES string of the molecule is Cc1cccc(N/N=C/c2ccccc2OC(=O)/C=C/c2ccccc2)c1. The molecule has 0 aliphatic heterocycles. The Morgan fingerprint density at radius 2 is 1.74 bits per heavy atom. The molecule has 3 aromatic rings. The van der Waals surface area contributed by atoms with Crippen molar-refractivity contribution in [2.45, 2.75) is 6.92 Å². The lowest BCUT2D eigenvalue weighted by Gasteiger charge is -2.05. The molecule has 0 aliphatic rings. The Hall–Kier alpha value is -3.66. The summed E-state index contributed by atoms with van der Waals surface area (Å²) in [5.74, 6) is 0.0151. The molecule has 0 saturated heterocycles. The second kappa shape index (κ2) is 9.15. The van der Waals surface area contributed by atoms with Gasteiger partial charge in [-0.25, -0.2) is 4.79 Å². The van der Waals surface area contributed by atoms with Gasteiger partial charge in [0.2, 0.25) is 0 Å². The van der Waals surface area contributed by atoms with E-state index in [4.69, 9.17) is 4.74 Å². The van der Waals surface area contributed by atoms with Gasteiger partial charge in [0.15, 0.2) is 0 Å². The third kappa shape index (κ3) is 5.68. The van der Waals surface area contributed by atoms with Gasteiger partial charge in [-0.2, -0.15) is 5.10 Å². The highest BCUT2D eigenvalue weighted by atomic mass is 16.5. The molecule has 0 aliphatic carbocycles. The highest BCUT2D eigenvalue weighted by molar-refractivity contribution is 5.91. The van der Waals surface area contributed by atoms with Crippen LogP contribution in [0.5, 0.6) is 5.75 Å². The number of anilines is 1. The van der Waals surface area contributed by atoms with Gasteiger partial charge in [0.1, 0.15) is 5.75 Å². The Kier molecular flexibility index (Phi) is 6.15. The molecule has 4 heteroatoms. The smallest absolute Gasteiger partial charge is 0.336 e. The van der Waals surface area contributed by atoms with E-state index in [-0.39, 0.29) is 0 Å². The molecule has 4 nitrogen and oxygen atoms in total. The van der Waals surface area contributed by atoms with Crippen LogP contribution in [0.3, 0.4) is 0 Å². The highest BCUT2D eigenvalue weighted by Gasteiger charge is 2.05. The quantitative estimate of drug-likeness (QED) is 0.221. The summed E-state index contributed by atoms with van der Waals surface area (Å²) < 4.78 is 5.44. The molecule has 27 heavy (non-hydrogen) atoms. The normalized spacial score (nSPS) is 11.0. The second-order valence-electron chi connectivity index (χ2n) is 5.94. The minimum atomic E-state index is -0.439. The number of nitrogens with zero attached hydrogens (tertiary/aromatic N) is 1. The van der Waals surface area contributed by atoms with E-state index in [9.17, 15) is 4.79 Å². The number of carbonyl (C=O) groups is 1. The number of benzene rings is 3. The van der Waals surface area contributed by atoms with Gasteiger partial charge < -0.3 is 4.74 Å². The Balaban J connectivity index is 1.65. The maximum atomic E-state index is 12.1. The van der Waals surface area contributed by atoms with Crippen LogP contribution in [0, 0.1) is 6.92 Å². The van der Waals surface area contributed by atoms with Crippen molar-refractivity contribution in [2.24, 2.45) is 5.10 Å². The van der Waals surface area contributed by atoms with Crippen molar-refractivity contribution in [3.63, 3.8) is 0 Å². The van der Waals surface area contributed by atoms with E-state index in [1.807, 2.05) is 79.7 Å². The van der Waals surface area contributed by atoms with E-state index in [1.165, 1.54) is 6.08 Å². The molecule has 0 atom stereocenters. The molecule has 3 aromatic carbocycles. The molecule has 0 saturated carbocycles. The lowest BCUT2D eigenvalue weighted by atomic mass is 10.2. The number of hydrazone groups is 1. The summed E-state index contributed by atoms with van der Waals surface area (Å²) in [5.41, 5.74) is 6.66. The van der Waals surface area contributed by atoms with E-state index < -0.39 is 5.97 Å². The maximum absolute atomic E-state index is 12.1. The van der Waals surface area contributed by atoms with Crippen molar-refractivity contribution in [2.75, 3.05) is 5.43 Å². The van der Waals surface area contributed by atoms with Gasteiger partial charge in [-0.15, -0.1) is 0 Å². The van der Waals surface area contributed by atoms with Gasteiger partial charge in [0, 0.05) is 11.6 Å². The summed E-state index contributed by atoms with van der Waals surface area (Å²) in [4.78, 5) is 12.1. The Morgan fingerprint density at radius 1 is 0.963 bits per heavy atom. The van der Waals surface area contributed by atoms with Gasteiger partial charge >= 0.3 is 5.97 Å². The van der Waals surface area contributed by atoms with E-state index in [2.05, 4.69) is 10.5 Å². The lowest BCUT2D eigenvalue weighted by Crippen LogP contribution is -2.05. The number of carbonyl (C=O) groups excluding carboxylic acids is 1. The summed E-state index contributed by atoms with van der Waals surface area (Å²) in [5, 5.41) is 4.23. The summed E-state index contributed by atoms with van der Waals surface area (Å²) in [6.07, 6.45) is 4.76. The molecule has 0 unspecified atom stereocenters. The molecule has 0 fully saturated rings. The summed E-state index contributed by atoms with van der Waals surface area (Å²) >= 11 is 0. The fraction of sp³-hybridized carbons (Fsp3) is 0.0435. The van der Waals surface area contributed by atoms with Gasteiger partial charge in [0.05, 0.1) is 11.9 Å². The van der Waals surface area contributed by atoms with Crippen molar-refractivity contribution in [3.05, 3.63) is 102 Å². The third-order valence-corrected chi connectivity index (χ3v) is 3.76. The van der Waals surface area contributed by atoms with Crippen LogP contribution in [0.15, 0.2) is 90.0 Å². The maximum Gasteiger partial charge on any atom is 0.336 e. The minimum absolute atomic E-state index is 0.439. The van der Waals surface area contributed by atoms with E-state index >= 15 is 0 Å². The van der Waals surface area contributed by atoms with Crippen molar-refractivity contribution in [1.29, 1.82) is 0 Å². The number of hydrogen-bond donors (Lipinski definition) is 1. The molecule has 0 bridgehead atoms. The van der Waals surface area contributed by atoms with Crippen molar-refractivity contribution >= 4 is 23.9 Å². The molecule has 1 N–H and O–H groups in total. The Morgan fingerprint density at radius 3 is 2.56 bits per heavy atom. The van der Waals surface area contributed by atoms with Crippen LogP contribution in [0.4, 0.5) is 5.69 Å². The first kappa shape index (κ1) is 18.1. The average Bonchev–Trinajstić information content (AvgIpc) is 2.69. The van der Waals surface area contributed by atoms with Crippen LogP contribution in [0.1, 0.15) is 16.7 Å². The molecule has 3 rings (SSSR count). The second-order valence-corrected chi connectivity index (χ2v) is 5.94. The van der Waals surface area contributed by atoms with E-state index in [1.54, 1.807) is 18.4 Å². The van der Waals surface area contributed by atoms with Crippen molar-refractivity contribution < 1.29 is 9.53 Å². The van der Waals surface area contributed by atoms with Gasteiger partial charge in [-0.05, 0) is 48.4 Å². The fourth-order valence-electron chi connectivity index (χ4n) is 2.44. The van der Waals surface area contributed by atoms with Crippen LogP contribution in [-0.4, -0.2) is 12.2 Å². The number of para-hydroxylation sites is 1. The summed E-state index contributed by atoms with van der Waals surface area (Å²) in [7, 11) is 0. The first-order chi connectivity index (χ1) is 13.2. The standard InChI is InChI=1S/C23H20N2O2/c1-18-8-7-12-21(16-18)25-24-17-20-11-5-6-13-22(20)27-23(26)15-14-19-9-3-2-4-10-19/h2-17,25H,1H3/b15-14+,24-17+. The molecule has 0 spiro atoms. The van der Waals surface area contributed by atoms with Gasteiger partial charge in [0.25, 0.3) is 0 Å². The Labute approximate surface area is 158 Å². The van der Waals surface area contributed by atoms with Crippen LogP contribution < -0.4 is 10.2 Å². The molecule has 0 aromatic heterocycles. The van der Waals surface area contributed by atoms with Crippen molar-refractivity contribution in [1.82, 2.24) is 0 Å². The van der Waals surface area contributed by atoms with Crippen LogP contribution in [-0.2, 0) is 4.79 Å². The molecular weight excluding hydrogens is 336 g/mol. The molecule has 134 valence electrons. The monoisotopic (exact) mass is 356 g/mol. The molecular formula is C23H20N2O2. The third-order valence-electron chi connectivity index (χ3n) is 3.76. The molecule has 0 heterocycles. The Bertz CT molecular complexity index is 963.